The number of hydrogen-bond acceptors (Lipinski definition) is 3. The zero-order valence-electron chi connectivity index (χ0n) is 7.98. The van der Waals surface area contributed by atoms with Crippen LogP contribution in [0.2, 0.25) is 5.15 Å². The normalized spacial score (nSPS) is 15.5. The van der Waals surface area contributed by atoms with E-state index in [0.717, 1.165) is 17.1 Å². The summed E-state index contributed by atoms with van der Waals surface area (Å²) in [5.41, 5.74) is 2.07. The van der Waals surface area contributed by atoms with Crippen LogP contribution in [0.25, 0.3) is 11.3 Å². The third-order valence-corrected chi connectivity index (χ3v) is 3.35. The third-order valence-electron chi connectivity index (χ3n) is 2.47. The van der Waals surface area contributed by atoms with E-state index in [9.17, 15) is 0 Å². The van der Waals surface area contributed by atoms with Crippen molar-refractivity contribution in [1.29, 1.82) is 0 Å². The van der Waals surface area contributed by atoms with Crippen LogP contribution in [0.15, 0.2) is 22.9 Å². The van der Waals surface area contributed by atoms with Crippen molar-refractivity contribution in [3.63, 3.8) is 0 Å². The van der Waals surface area contributed by atoms with Gasteiger partial charge >= 0.3 is 0 Å². The molecule has 0 atom stereocenters. The molecule has 0 aromatic carbocycles. The smallest absolute Gasteiger partial charge is 0.133 e. The van der Waals surface area contributed by atoms with Crippen LogP contribution in [0.3, 0.4) is 0 Å². The van der Waals surface area contributed by atoms with E-state index in [1.165, 1.54) is 12.8 Å². The molecule has 2 nitrogen and oxygen atoms in total. The predicted octanol–water partition coefficient (Wildman–Crippen LogP) is 3.74. The molecule has 4 heteroatoms. The summed E-state index contributed by atoms with van der Waals surface area (Å²) < 4.78 is 0. The largest absolute Gasteiger partial charge is 0.232 e. The molecule has 0 N–H and O–H groups in total. The highest BCUT2D eigenvalue weighted by molar-refractivity contribution is 7.08. The van der Waals surface area contributed by atoms with Crippen LogP contribution in [-0.2, 0) is 0 Å². The lowest BCUT2D eigenvalue weighted by molar-refractivity contribution is 0.931. The fourth-order valence-corrected chi connectivity index (χ4v) is 2.36. The predicted molar refractivity (Wildman–Crippen MR) is 62.3 cm³/mol. The molecule has 0 spiro atoms. The third kappa shape index (κ3) is 1.90. The zero-order chi connectivity index (χ0) is 10.3. The summed E-state index contributed by atoms with van der Waals surface area (Å²) in [6.45, 7) is 0. The summed E-state index contributed by atoms with van der Waals surface area (Å²) in [7, 11) is 0. The minimum atomic E-state index is 0.543. The van der Waals surface area contributed by atoms with Crippen molar-refractivity contribution in [3.8, 4) is 11.3 Å². The topological polar surface area (TPSA) is 25.8 Å². The minimum Gasteiger partial charge on any atom is -0.232 e. The maximum Gasteiger partial charge on any atom is 0.133 e. The Morgan fingerprint density at radius 2 is 2.20 bits per heavy atom. The van der Waals surface area contributed by atoms with Crippen LogP contribution in [0.4, 0.5) is 0 Å². The van der Waals surface area contributed by atoms with Crippen LogP contribution in [0.5, 0.6) is 0 Å². The van der Waals surface area contributed by atoms with E-state index in [-0.39, 0.29) is 0 Å². The van der Waals surface area contributed by atoms with Gasteiger partial charge in [0.15, 0.2) is 0 Å². The summed E-state index contributed by atoms with van der Waals surface area (Å²) in [4.78, 5) is 8.81. The van der Waals surface area contributed by atoms with E-state index in [0.29, 0.717) is 11.1 Å². The second-order valence-corrected chi connectivity index (χ2v) is 4.89. The molecule has 3 rings (SSSR count). The van der Waals surface area contributed by atoms with Gasteiger partial charge in [-0.2, -0.15) is 11.3 Å². The van der Waals surface area contributed by atoms with Gasteiger partial charge in [0.05, 0.1) is 5.69 Å². The fourth-order valence-electron chi connectivity index (χ4n) is 1.52. The molecule has 0 saturated heterocycles. The number of halogens is 1. The molecular weight excluding hydrogens is 228 g/mol. The highest BCUT2D eigenvalue weighted by Crippen LogP contribution is 2.39. The highest BCUT2D eigenvalue weighted by Gasteiger charge is 2.27. The molecule has 0 bridgehead atoms. The second kappa shape index (κ2) is 3.58. The Morgan fingerprint density at radius 3 is 2.87 bits per heavy atom. The maximum atomic E-state index is 5.99. The number of nitrogens with zero attached hydrogens (tertiary/aromatic N) is 2. The number of rotatable bonds is 2. The molecule has 1 aliphatic carbocycles. The van der Waals surface area contributed by atoms with Gasteiger partial charge in [0.25, 0.3) is 0 Å². The molecule has 1 saturated carbocycles. The van der Waals surface area contributed by atoms with Crippen molar-refractivity contribution >= 4 is 22.9 Å². The molecule has 1 aliphatic rings. The van der Waals surface area contributed by atoms with E-state index in [4.69, 9.17) is 11.6 Å². The highest BCUT2D eigenvalue weighted by atomic mass is 35.5. The molecular formula is C11H9ClN2S. The van der Waals surface area contributed by atoms with E-state index in [1.807, 2.05) is 11.4 Å². The number of aromatic nitrogens is 2. The van der Waals surface area contributed by atoms with Gasteiger partial charge in [-0.05, 0) is 24.3 Å². The lowest BCUT2D eigenvalue weighted by atomic mass is 10.2. The molecule has 0 unspecified atom stereocenters. The van der Waals surface area contributed by atoms with E-state index in [2.05, 4.69) is 21.4 Å². The number of thiophene rings is 1. The SMILES string of the molecule is Clc1cc(-c2ccsc2)nc(C2CC2)n1. The Morgan fingerprint density at radius 1 is 1.33 bits per heavy atom. The van der Waals surface area contributed by atoms with Crippen molar-refractivity contribution in [1.82, 2.24) is 9.97 Å². The zero-order valence-corrected chi connectivity index (χ0v) is 9.55. The molecule has 76 valence electrons. The quantitative estimate of drug-likeness (QED) is 0.743. The lowest BCUT2D eigenvalue weighted by Crippen LogP contribution is -1.94. The fraction of sp³-hybridized carbons (Fsp3) is 0.273. The van der Waals surface area contributed by atoms with Crippen molar-refractivity contribution in [2.24, 2.45) is 0 Å². The van der Waals surface area contributed by atoms with E-state index < -0.39 is 0 Å². The van der Waals surface area contributed by atoms with Crippen LogP contribution < -0.4 is 0 Å². The molecule has 1 fully saturated rings. The van der Waals surface area contributed by atoms with Crippen molar-refractivity contribution in [2.75, 3.05) is 0 Å². The van der Waals surface area contributed by atoms with Crippen molar-refractivity contribution in [3.05, 3.63) is 33.9 Å². The van der Waals surface area contributed by atoms with Crippen LogP contribution in [0.1, 0.15) is 24.6 Å². The standard InChI is InChI=1S/C11H9ClN2S/c12-10-5-9(8-3-4-15-6-8)13-11(14-10)7-1-2-7/h3-7H,1-2H2. The van der Waals surface area contributed by atoms with Gasteiger partial charge in [-0.1, -0.05) is 11.6 Å². The number of hydrogen-bond donors (Lipinski definition) is 0. The Labute approximate surface area is 97.0 Å². The molecule has 0 amide bonds. The molecule has 2 aromatic rings. The van der Waals surface area contributed by atoms with Gasteiger partial charge < -0.3 is 0 Å². The monoisotopic (exact) mass is 236 g/mol. The Hall–Kier alpha value is -0.930. The van der Waals surface area contributed by atoms with E-state index in [1.54, 1.807) is 11.3 Å². The molecule has 2 aromatic heterocycles. The van der Waals surface area contributed by atoms with Crippen molar-refractivity contribution < 1.29 is 0 Å². The maximum absolute atomic E-state index is 5.99. The Bertz CT molecular complexity index is 477. The molecule has 15 heavy (non-hydrogen) atoms. The summed E-state index contributed by atoms with van der Waals surface area (Å²) in [5, 5.41) is 4.67. The van der Waals surface area contributed by atoms with E-state index >= 15 is 0 Å². The Balaban J connectivity index is 2.07. The second-order valence-electron chi connectivity index (χ2n) is 3.72. The molecule has 0 aliphatic heterocycles. The van der Waals surface area contributed by atoms with Gasteiger partial charge in [0.2, 0.25) is 0 Å². The first-order valence-corrected chi connectivity index (χ1v) is 6.22. The lowest BCUT2D eigenvalue weighted by Gasteiger charge is -2.02. The first kappa shape index (κ1) is 9.31. The molecule has 2 heterocycles. The average molecular weight is 237 g/mol. The van der Waals surface area contributed by atoms with Gasteiger partial charge in [0.1, 0.15) is 11.0 Å². The van der Waals surface area contributed by atoms with Crippen LogP contribution in [-0.4, -0.2) is 9.97 Å². The summed E-state index contributed by atoms with van der Waals surface area (Å²) in [5.74, 6) is 1.45. The minimum absolute atomic E-state index is 0.543. The average Bonchev–Trinajstić information content (AvgIpc) is 2.93. The van der Waals surface area contributed by atoms with Gasteiger partial charge in [-0.25, -0.2) is 9.97 Å². The van der Waals surface area contributed by atoms with Gasteiger partial charge in [-0.3, -0.25) is 0 Å². The van der Waals surface area contributed by atoms with Crippen LogP contribution in [0, 0.1) is 0 Å². The summed E-state index contributed by atoms with van der Waals surface area (Å²) in [6, 6.07) is 3.88. The Kier molecular flexibility index (Phi) is 2.22. The molecule has 0 radical (unpaired) electrons. The first-order chi connectivity index (χ1) is 7.33. The summed E-state index contributed by atoms with van der Waals surface area (Å²) >= 11 is 7.66. The summed E-state index contributed by atoms with van der Waals surface area (Å²) in [6.07, 6.45) is 2.40. The van der Waals surface area contributed by atoms with Gasteiger partial charge in [0, 0.05) is 22.9 Å². The first-order valence-electron chi connectivity index (χ1n) is 4.90. The van der Waals surface area contributed by atoms with Crippen molar-refractivity contribution in [2.45, 2.75) is 18.8 Å². The van der Waals surface area contributed by atoms with Gasteiger partial charge in [-0.15, -0.1) is 0 Å². The van der Waals surface area contributed by atoms with Crippen LogP contribution >= 0.6 is 22.9 Å².